The number of carbonyl (C=O) groups excluding carboxylic acids is 2. The van der Waals surface area contributed by atoms with Crippen LogP contribution < -0.4 is 0 Å². The molecule has 0 fully saturated rings. The Balaban J connectivity index is 4.27. The summed E-state index contributed by atoms with van der Waals surface area (Å²) in [6, 6.07) is 0. The van der Waals surface area contributed by atoms with Gasteiger partial charge in [-0.15, -0.1) is 0 Å². The highest BCUT2D eigenvalue weighted by Crippen LogP contribution is 2.15. The average Bonchev–Trinajstić information content (AvgIpc) is 3.22. The lowest BCUT2D eigenvalue weighted by molar-refractivity contribution is -0.162. The van der Waals surface area contributed by atoms with Crippen LogP contribution in [-0.4, -0.2) is 37.9 Å². The molecule has 0 heterocycles. The van der Waals surface area contributed by atoms with Gasteiger partial charge in [-0.2, -0.15) is 0 Å². The zero-order chi connectivity index (χ0) is 42.1. The van der Waals surface area contributed by atoms with Crippen LogP contribution in [0.2, 0.25) is 0 Å². The quantitative estimate of drug-likeness (QED) is 0.0348. The van der Waals surface area contributed by atoms with Crippen LogP contribution in [0, 0.1) is 0 Å². The van der Waals surface area contributed by atoms with Crippen molar-refractivity contribution in [2.45, 2.75) is 245 Å². The molecule has 0 aromatic rings. The van der Waals surface area contributed by atoms with Gasteiger partial charge in [0.1, 0.15) is 6.61 Å². The Morgan fingerprint density at radius 2 is 0.741 bits per heavy atom. The van der Waals surface area contributed by atoms with Crippen molar-refractivity contribution in [2.75, 3.05) is 19.8 Å². The van der Waals surface area contributed by atoms with E-state index >= 15 is 0 Å². The molecule has 0 bridgehead atoms. The minimum Gasteiger partial charge on any atom is -0.462 e. The van der Waals surface area contributed by atoms with Gasteiger partial charge in [-0.1, -0.05) is 236 Å². The van der Waals surface area contributed by atoms with E-state index in [0.717, 1.165) is 64.2 Å². The molecule has 58 heavy (non-hydrogen) atoms. The molecule has 5 nitrogen and oxygen atoms in total. The van der Waals surface area contributed by atoms with Crippen molar-refractivity contribution in [3.05, 3.63) is 60.8 Å². The number of unbranched alkanes of at least 4 members (excludes halogenated alkanes) is 24. The fourth-order valence-electron chi connectivity index (χ4n) is 6.93. The van der Waals surface area contributed by atoms with Crippen molar-refractivity contribution < 1.29 is 23.8 Å². The summed E-state index contributed by atoms with van der Waals surface area (Å²) in [6.07, 6.45) is 61.1. The Labute approximate surface area is 360 Å². The van der Waals surface area contributed by atoms with E-state index in [1.54, 1.807) is 0 Å². The van der Waals surface area contributed by atoms with E-state index in [0.29, 0.717) is 19.4 Å². The second kappa shape index (κ2) is 49.0. The number of hydrogen-bond acceptors (Lipinski definition) is 5. The van der Waals surface area contributed by atoms with Crippen LogP contribution in [0.3, 0.4) is 0 Å². The van der Waals surface area contributed by atoms with Crippen molar-refractivity contribution >= 4 is 11.9 Å². The summed E-state index contributed by atoms with van der Waals surface area (Å²) in [5.74, 6) is -0.432. The number of ether oxygens (including phenoxy) is 3. The lowest BCUT2D eigenvalue weighted by Crippen LogP contribution is -2.30. The van der Waals surface area contributed by atoms with Crippen LogP contribution in [0.4, 0.5) is 0 Å². The van der Waals surface area contributed by atoms with Crippen molar-refractivity contribution in [1.82, 2.24) is 0 Å². The average molecular weight is 811 g/mol. The highest BCUT2D eigenvalue weighted by Gasteiger charge is 2.17. The summed E-state index contributed by atoms with van der Waals surface area (Å²) in [5, 5.41) is 0. The lowest BCUT2D eigenvalue weighted by atomic mass is 10.0. The number of esters is 2. The van der Waals surface area contributed by atoms with Crippen LogP contribution in [0.15, 0.2) is 60.8 Å². The van der Waals surface area contributed by atoms with Crippen LogP contribution in [0.5, 0.6) is 0 Å². The molecule has 336 valence electrons. The van der Waals surface area contributed by atoms with E-state index in [1.807, 2.05) is 0 Å². The maximum Gasteiger partial charge on any atom is 0.306 e. The van der Waals surface area contributed by atoms with E-state index < -0.39 is 6.10 Å². The first-order valence-electron chi connectivity index (χ1n) is 24.8. The van der Waals surface area contributed by atoms with E-state index in [4.69, 9.17) is 14.2 Å². The second-order valence-electron chi connectivity index (χ2n) is 16.4. The van der Waals surface area contributed by atoms with Crippen LogP contribution >= 0.6 is 0 Å². The van der Waals surface area contributed by atoms with Gasteiger partial charge in [-0.05, 0) is 51.4 Å². The van der Waals surface area contributed by atoms with Gasteiger partial charge in [0.25, 0.3) is 0 Å². The minimum absolute atomic E-state index is 0.0585. The highest BCUT2D eigenvalue weighted by molar-refractivity contribution is 5.70. The smallest absolute Gasteiger partial charge is 0.306 e. The summed E-state index contributed by atoms with van der Waals surface area (Å²) >= 11 is 0. The molecular weight excluding hydrogens is 717 g/mol. The molecule has 5 heteroatoms. The molecule has 1 unspecified atom stereocenters. The molecule has 0 aliphatic rings. The minimum atomic E-state index is -0.570. The predicted molar refractivity (Wildman–Crippen MR) is 251 cm³/mol. The zero-order valence-electron chi connectivity index (χ0n) is 38.6. The maximum absolute atomic E-state index is 12.7. The van der Waals surface area contributed by atoms with E-state index in [-0.39, 0.29) is 25.2 Å². The molecule has 0 rings (SSSR count). The topological polar surface area (TPSA) is 61.8 Å². The van der Waals surface area contributed by atoms with Gasteiger partial charge in [0.2, 0.25) is 0 Å². The molecule has 0 amide bonds. The molecule has 0 aliphatic carbocycles. The summed E-state index contributed by atoms with van der Waals surface area (Å²) in [6.45, 7) is 7.51. The second-order valence-corrected chi connectivity index (χ2v) is 16.4. The Bertz CT molecular complexity index is 1010. The Morgan fingerprint density at radius 1 is 0.397 bits per heavy atom. The standard InChI is InChI=1S/C53H94O5/c1-4-7-10-13-16-19-21-23-25-27-28-30-32-35-37-40-43-46-52(54)57-50-51(58-53(55)47-44-41-38-34-18-15-12-9-6-3)49-56-48-45-42-39-36-33-31-29-26-24-22-20-17-14-11-8-5-2/h8,11,17,20,24,26,31,33,39,42,51H,4-7,9-10,12-16,18-19,21-23,25,27-30,32,34-38,40-41,43-50H2,1-3H3/b11-8-,20-17-,26-24-,33-31-,42-39-. The maximum atomic E-state index is 12.7. The van der Waals surface area contributed by atoms with E-state index in [1.165, 1.54) is 141 Å². The fraction of sp³-hybridized carbons (Fsp3) is 0.774. The van der Waals surface area contributed by atoms with Gasteiger partial charge < -0.3 is 14.2 Å². The molecule has 0 aromatic heterocycles. The third-order valence-corrected chi connectivity index (χ3v) is 10.6. The van der Waals surface area contributed by atoms with Gasteiger partial charge in [0, 0.05) is 12.8 Å². The number of hydrogen-bond donors (Lipinski definition) is 0. The van der Waals surface area contributed by atoms with Crippen molar-refractivity contribution in [3.8, 4) is 0 Å². The van der Waals surface area contributed by atoms with Gasteiger partial charge in [-0.25, -0.2) is 0 Å². The largest absolute Gasteiger partial charge is 0.462 e. The molecule has 1 atom stereocenters. The summed E-state index contributed by atoms with van der Waals surface area (Å²) in [7, 11) is 0. The lowest BCUT2D eigenvalue weighted by Gasteiger charge is -2.18. The zero-order valence-corrected chi connectivity index (χ0v) is 38.6. The van der Waals surface area contributed by atoms with Crippen LogP contribution in [0.1, 0.15) is 239 Å². The first kappa shape index (κ1) is 55.6. The number of rotatable bonds is 45. The van der Waals surface area contributed by atoms with Crippen molar-refractivity contribution in [3.63, 3.8) is 0 Å². The summed E-state index contributed by atoms with van der Waals surface area (Å²) in [5.41, 5.74) is 0. The van der Waals surface area contributed by atoms with Crippen molar-refractivity contribution in [2.24, 2.45) is 0 Å². The molecule has 0 aliphatic heterocycles. The monoisotopic (exact) mass is 811 g/mol. The predicted octanol–water partition coefficient (Wildman–Crippen LogP) is 16.6. The first-order chi connectivity index (χ1) is 28.6. The summed E-state index contributed by atoms with van der Waals surface area (Å²) < 4.78 is 17.2. The van der Waals surface area contributed by atoms with E-state index in [9.17, 15) is 9.59 Å². The third kappa shape index (κ3) is 46.3. The summed E-state index contributed by atoms with van der Waals surface area (Å²) in [4.78, 5) is 25.3. The Hall–Kier alpha value is -2.40. The third-order valence-electron chi connectivity index (χ3n) is 10.6. The Morgan fingerprint density at radius 3 is 1.14 bits per heavy atom. The number of carbonyl (C=O) groups is 2. The van der Waals surface area contributed by atoms with Crippen LogP contribution in [-0.2, 0) is 23.8 Å². The molecule has 0 saturated heterocycles. The normalized spacial score (nSPS) is 12.7. The van der Waals surface area contributed by atoms with Gasteiger partial charge in [0.05, 0.1) is 13.2 Å². The molecular formula is C53H94O5. The van der Waals surface area contributed by atoms with E-state index in [2.05, 4.69) is 81.5 Å². The van der Waals surface area contributed by atoms with Gasteiger partial charge in [0.15, 0.2) is 6.10 Å². The van der Waals surface area contributed by atoms with Gasteiger partial charge >= 0.3 is 11.9 Å². The molecule has 0 aromatic carbocycles. The van der Waals surface area contributed by atoms with Crippen molar-refractivity contribution in [1.29, 1.82) is 0 Å². The molecule has 0 N–H and O–H groups in total. The SMILES string of the molecule is CC/C=C\C/C=C\C/C=C\C/C=C\C/C=C\CCOCC(COC(=O)CCCCCCCCCCCCCCCCCCC)OC(=O)CCCCCCCCCCC. The molecule has 0 saturated carbocycles. The number of allylic oxidation sites excluding steroid dienone is 9. The molecule has 0 spiro atoms. The Kier molecular flexibility index (Phi) is 46.9. The van der Waals surface area contributed by atoms with Gasteiger partial charge in [-0.3, -0.25) is 9.59 Å². The van der Waals surface area contributed by atoms with Crippen LogP contribution in [0.25, 0.3) is 0 Å². The fourth-order valence-corrected chi connectivity index (χ4v) is 6.93. The molecule has 0 radical (unpaired) electrons. The first-order valence-corrected chi connectivity index (χ1v) is 24.8. The highest BCUT2D eigenvalue weighted by atomic mass is 16.6.